The van der Waals surface area contributed by atoms with E-state index in [0.717, 1.165) is 19.3 Å². The van der Waals surface area contributed by atoms with Gasteiger partial charge in [0.15, 0.2) is 0 Å². The molecule has 0 aliphatic carbocycles. The number of carbonyl (C=O) groups excluding carboxylic acids is 1. The highest BCUT2D eigenvalue weighted by Crippen LogP contribution is 2.02. The van der Waals surface area contributed by atoms with Gasteiger partial charge in [0, 0.05) is 6.54 Å². The second-order valence-corrected chi connectivity index (χ2v) is 4.02. The lowest BCUT2D eigenvalue weighted by Gasteiger charge is -2.13. The van der Waals surface area contributed by atoms with Crippen LogP contribution >= 0.6 is 0 Å². The van der Waals surface area contributed by atoms with Crippen molar-refractivity contribution in [2.24, 2.45) is 17.4 Å². The van der Waals surface area contributed by atoms with E-state index < -0.39 is 0 Å². The first-order valence-electron chi connectivity index (χ1n) is 5.31. The van der Waals surface area contributed by atoms with Crippen LogP contribution in [0.3, 0.4) is 0 Å². The summed E-state index contributed by atoms with van der Waals surface area (Å²) in [4.78, 5) is 11.4. The van der Waals surface area contributed by atoms with Gasteiger partial charge < -0.3 is 16.8 Å². The van der Waals surface area contributed by atoms with E-state index in [1.165, 1.54) is 0 Å². The lowest BCUT2D eigenvalue weighted by molar-refractivity contribution is -0.122. The van der Waals surface area contributed by atoms with Crippen LogP contribution in [-0.2, 0) is 4.79 Å². The smallest absolute Gasteiger partial charge is 0.236 e. The zero-order chi connectivity index (χ0) is 11.0. The second kappa shape index (κ2) is 7.76. The fourth-order valence-corrected chi connectivity index (χ4v) is 1.23. The van der Waals surface area contributed by atoms with Crippen molar-refractivity contribution in [2.75, 3.05) is 13.1 Å². The van der Waals surface area contributed by atoms with E-state index in [1.54, 1.807) is 0 Å². The number of nitrogens with two attached hydrogens (primary N) is 2. The molecule has 1 atom stereocenters. The number of amides is 1. The number of carbonyl (C=O) groups is 1. The highest BCUT2D eigenvalue weighted by atomic mass is 16.2. The molecule has 4 heteroatoms. The van der Waals surface area contributed by atoms with E-state index in [2.05, 4.69) is 19.2 Å². The standard InChI is InChI=1S/C10H23N3O/c1-8(2)7-9(12)10(14)13-6-4-3-5-11/h8-9H,3-7,11-12H2,1-2H3,(H,13,14). The third kappa shape index (κ3) is 6.86. The predicted molar refractivity (Wildman–Crippen MR) is 58.7 cm³/mol. The van der Waals surface area contributed by atoms with Crippen molar-refractivity contribution in [2.45, 2.75) is 39.2 Å². The van der Waals surface area contributed by atoms with Crippen molar-refractivity contribution in [3.8, 4) is 0 Å². The third-order valence-corrected chi connectivity index (χ3v) is 1.99. The van der Waals surface area contributed by atoms with Gasteiger partial charge in [0.05, 0.1) is 6.04 Å². The zero-order valence-electron chi connectivity index (χ0n) is 9.25. The fourth-order valence-electron chi connectivity index (χ4n) is 1.23. The number of rotatable bonds is 7. The fraction of sp³-hybridized carbons (Fsp3) is 0.900. The molecule has 84 valence electrons. The van der Waals surface area contributed by atoms with Crippen LogP contribution in [0.5, 0.6) is 0 Å². The van der Waals surface area contributed by atoms with Crippen molar-refractivity contribution >= 4 is 5.91 Å². The van der Waals surface area contributed by atoms with E-state index in [1.807, 2.05) is 0 Å². The molecule has 5 N–H and O–H groups in total. The molecule has 0 aromatic rings. The molecule has 0 aliphatic rings. The molecule has 4 nitrogen and oxygen atoms in total. The molecule has 0 fully saturated rings. The average molecular weight is 201 g/mol. The summed E-state index contributed by atoms with van der Waals surface area (Å²) in [5.74, 6) is 0.413. The third-order valence-electron chi connectivity index (χ3n) is 1.99. The van der Waals surface area contributed by atoms with Gasteiger partial charge in [-0.15, -0.1) is 0 Å². The van der Waals surface area contributed by atoms with E-state index >= 15 is 0 Å². The van der Waals surface area contributed by atoms with Crippen LogP contribution in [0.15, 0.2) is 0 Å². The molecule has 1 amide bonds. The second-order valence-electron chi connectivity index (χ2n) is 4.02. The van der Waals surface area contributed by atoms with Gasteiger partial charge in [-0.2, -0.15) is 0 Å². The summed E-state index contributed by atoms with van der Waals surface area (Å²) in [5, 5.41) is 2.80. The summed E-state index contributed by atoms with van der Waals surface area (Å²) in [6.45, 7) is 5.47. The minimum Gasteiger partial charge on any atom is -0.355 e. The molecule has 0 aromatic carbocycles. The summed E-state index contributed by atoms with van der Waals surface area (Å²) in [6, 6.07) is -0.368. The predicted octanol–water partition coefficient (Wildman–Crippen LogP) is 0.215. The maximum atomic E-state index is 11.4. The molecule has 0 radical (unpaired) electrons. The molecule has 14 heavy (non-hydrogen) atoms. The Morgan fingerprint density at radius 3 is 2.50 bits per heavy atom. The molecule has 0 saturated heterocycles. The van der Waals surface area contributed by atoms with Crippen LogP contribution in [0.2, 0.25) is 0 Å². The molecule has 0 heterocycles. The molecule has 0 saturated carbocycles. The monoisotopic (exact) mass is 201 g/mol. The maximum absolute atomic E-state index is 11.4. The largest absolute Gasteiger partial charge is 0.355 e. The highest BCUT2D eigenvalue weighted by molar-refractivity contribution is 5.81. The van der Waals surface area contributed by atoms with Gasteiger partial charge in [-0.3, -0.25) is 4.79 Å². The Hall–Kier alpha value is -0.610. The van der Waals surface area contributed by atoms with Crippen LogP contribution in [0.1, 0.15) is 33.1 Å². The molecule has 0 spiro atoms. The quantitative estimate of drug-likeness (QED) is 0.515. The number of hydrogen-bond donors (Lipinski definition) is 3. The Bertz CT molecular complexity index is 159. The van der Waals surface area contributed by atoms with Gasteiger partial charge in [0.2, 0.25) is 5.91 Å². The molecule has 0 bridgehead atoms. The minimum atomic E-state index is -0.368. The Morgan fingerprint density at radius 1 is 1.36 bits per heavy atom. The highest BCUT2D eigenvalue weighted by Gasteiger charge is 2.13. The molecule has 1 unspecified atom stereocenters. The summed E-state index contributed by atoms with van der Waals surface area (Å²) in [6.07, 6.45) is 2.61. The van der Waals surface area contributed by atoms with Crippen LogP contribution in [-0.4, -0.2) is 25.0 Å². The maximum Gasteiger partial charge on any atom is 0.236 e. The van der Waals surface area contributed by atoms with Crippen molar-refractivity contribution in [3.63, 3.8) is 0 Å². The van der Waals surface area contributed by atoms with Crippen molar-refractivity contribution in [1.82, 2.24) is 5.32 Å². The normalized spacial score (nSPS) is 12.9. The van der Waals surface area contributed by atoms with E-state index in [-0.39, 0.29) is 11.9 Å². The first-order chi connectivity index (χ1) is 6.57. The van der Waals surface area contributed by atoms with Gasteiger partial charge in [-0.1, -0.05) is 13.8 Å². The lowest BCUT2D eigenvalue weighted by atomic mass is 10.0. The summed E-state index contributed by atoms with van der Waals surface area (Å²) < 4.78 is 0. The van der Waals surface area contributed by atoms with Crippen LogP contribution in [0.25, 0.3) is 0 Å². The van der Waals surface area contributed by atoms with Crippen LogP contribution in [0, 0.1) is 5.92 Å². The molecule has 0 rings (SSSR count). The Morgan fingerprint density at radius 2 is 2.00 bits per heavy atom. The summed E-state index contributed by atoms with van der Waals surface area (Å²) in [7, 11) is 0. The molecule has 0 aliphatic heterocycles. The van der Waals surface area contributed by atoms with Gasteiger partial charge in [0.25, 0.3) is 0 Å². The Kier molecular flexibility index (Phi) is 7.42. The van der Waals surface area contributed by atoms with E-state index in [0.29, 0.717) is 19.0 Å². The molecule has 0 aromatic heterocycles. The Labute approximate surface area is 86.4 Å². The molecular formula is C10H23N3O. The van der Waals surface area contributed by atoms with E-state index in [4.69, 9.17) is 11.5 Å². The lowest BCUT2D eigenvalue weighted by Crippen LogP contribution is -2.41. The van der Waals surface area contributed by atoms with Crippen LogP contribution < -0.4 is 16.8 Å². The number of hydrogen-bond acceptors (Lipinski definition) is 3. The van der Waals surface area contributed by atoms with Crippen molar-refractivity contribution < 1.29 is 4.79 Å². The minimum absolute atomic E-state index is 0.0456. The molecular weight excluding hydrogens is 178 g/mol. The van der Waals surface area contributed by atoms with Crippen molar-refractivity contribution in [3.05, 3.63) is 0 Å². The van der Waals surface area contributed by atoms with Gasteiger partial charge in [-0.05, 0) is 31.7 Å². The average Bonchev–Trinajstić information content (AvgIpc) is 2.11. The van der Waals surface area contributed by atoms with Gasteiger partial charge in [0.1, 0.15) is 0 Å². The van der Waals surface area contributed by atoms with Crippen molar-refractivity contribution in [1.29, 1.82) is 0 Å². The number of nitrogens with one attached hydrogen (secondary N) is 1. The first-order valence-corrected chi connectivity index (χ1v) is 5.31. The number of unbranched alkanes of at least 4 members (excludes halogenated alkanes) is 1. The SMILES string of the molecule is CC(C)CC(N)C(=O)NCCCCN. The topological polar surface area (TPSA) is 81.1 Å². The summed E-state index contributed by atoms with van der Waals surface area (Å²) >= 11 is 0. The summed E-state index contributed by atoms with van der Waals surface area (Å²) in [5.41, 5.74) is 11.0. The van der Waals surface area contributed by atoms with Gasteiger partial charge in [-0.25, -0.2) is 0 Å². The Balaban J connectivity index is 3.52. The first kappa shape index (κ1) is 13.4. The van der Waals surface area contributed by atoms with E-state index in [9.17, 15) is 4.79 Å². The van der Waals surface area contributed by atoms with Crippen LogP contribution in [0.4, 0.5) is 0 Å². The van der Waals surface area contributed by atoms with Gasteiger partial charge >= 0.3 is 0 Å². The zero-order valence-corrected chi connectivity index (χ0v) is 9.25.